The van der Waals surface area contributed by atoms with Crippen LogP contribution in [-0.4, -0.2) is 34.0 Å². The normalized spacial score (nSPS) is 17.4. The highest BCUT2D eigenvalue weighted by atomic mass is 127. The lowest BCUT2D eigenvalue weighted by molar-refractivity contribution is 0.0241. The predicted octanol–water partition coefficient (Wildman–Crippen LogP) is 2.67. The van der Waals surface area contributed by atoms with Crippen LogP contribution >= 0.6 is 22.6 Å². The summed E-state index contributed by atoms with van der Waals surface area (Å²) in [4.78, 5) is 0. The maximum atomic E-state index is 6.17. The van der Waals surface area contributed by atoms with Gasteiger partial charge in [0.25, 0.3) is 0 Å². The molecule has 1 aliphatic rings. The van der Waals surface area contributed by atoms with E-state index in [-0.39, 0.29) is 5.54 Å². The van der Waals surface area contributed by atoms with Crippen molar-refractivity contribution in [2.75, 3.05) is 34.0 Å². The van der Waals surface area contributed by atoms with Crippen molar-refractivity contribution >= 4 is 33.6 Å². The number of rotatable bonds is 4. The first kappa shape index (κ1) is 14.3. The van der Waals surface area contributed by atoms with Gasteiger partial charge in [-0.05, 0) is 47.2 Å². The van der Waals surface area contributed by atoms with Crippen LogP contribution in [0.5, 0.6) is 0 Å². The fourth-order valence-corrected chi connectivity index (χ4v) is 3.50. The van der Waals surface area contributed by atoms with Crippen LogP contribution in [-0.2, 0) is 21.4 Å². The lowest BCUT2D eigenvalue weighted by Gasteiger charge is -2.35. The molecule has 0 saturated carbocycles. The molecule has 0 saturated heterocycles. The monoisotopic (exact) mass is 387 g/mol. The lowest BCUT2D eigenvalue weighted by atomic mass is 9.88. The van der Waals surface area contributed by atoms with E-state index in [4.69, 9.17) is 13.9 Å². The van der Waals surface area contributed by atoms with Gasteiger partial charge in [0.2, 0.25) is 0 Å². The van der Waals surface area contributed by atoms with Gasteiger partial charge in [0, 0.05) is 35.3 Å². The first-order chi connectivity index (χ1) is 9.70. The molecule has 20 heavy (non-hydrogen) atoms. The Morgan fingerprint density at radius 2 is 2.05 bits per heavy atom. The van der Waals surface area contributed by atoms with Crippen LogP contribution in [0.4, 0.5) is 0 Å². The number of fused-ring (bicyclic) bond motifs is 3. The summed E-state index contributed by atoms with van der Waals surface area (Å²) in [5, 5.41) is 4.73. The van der Waals surface area contributed by atoms with E-state index in [9.17, 15) is 0 Å². The van der Waals surface area contributed by atoms with Gasteiger partial charge in [0.05, 0.1) is 13.2 Å². The Morgan fingerprint density at radius 1 is 1.30 bits per heavy atom. The molecule has 0 amide bonds. The Labute approximate surface area is 131 Å². The van der Waals surface area contributed by atoms with Gasteiger partial charge in [0.15, 0.2) is 0 Å². The van der Waals surface area contributed by atoms with E-state index in [1.54, 1.807) is 14.2 Å². The van der Waals surface area contributed by atoms with Crippen molar-refractivity contribution in [1.82, 2.24) is 5.32 Å². The molecule has 5 heteroatoms. The molecule has 4 nitrogen and oxygen atoms in total. The second-order valence-corrected chi connectivity index (χ2v) is 6.42. The van der Waals surface area contributed by atoms with Crippen LogP contribution in [0.1, 0.15) is 11.3 Å². The molecular formula is C15H18INO3. The number of methoxy groups -OCH3 is 2. The molecular weight excluding hydrogens is 369 g/mol. The summed E-state index contributed by atoms with van der Waals surface area (Å²) in [5.41, 5.74) is 1.84. The zero-order valence-corrected chi connectivity index (χ0v) is 13.8. The number of benzene rings is 1. The van der Waals surface area contributed by atoms with Crippen LogP contribution in [0.2, 0.25) is 0 Å². The van der Waals surface area contributed by atoms with Gasteiger partial charge >= 0.3 is 0 Å². The van der Waals surface area contributed by atoms with E-state index in [0.29, 0.717) is 13.2 Å². The summed E-state index contributed by atoms with van der Waals surface area (Å²) >= 11 is 2.31. The van der Waals surface area contributed by atoms with Crippen molar-refractivity contribution in [2.45, 2.75) is 12.0 Å². The van der Waals surface area contributed by atoms with E-state index in [2.05, 4.69) is 46.1 Å². The van der Waals surface area contributed by atoms with Crippen LogP contribution in [0.25, 0.3) is 11.0 Å². The van der Waals surface area contributed by atoms with Crippen LogP contribution in [0.15, 0.2) is 22.6 Å². The largest absolute Gasteiger partial charge is 0.459 e. The average molecular weight is 387 g/mol. The van der Waals surface area contributed by atoms with E-state index in [0.717, 1.165) is 24.3 Å². The minimum atomic E-state index is -0.387. The Balaban J connectivity index is 2.18. The summed E-state index contributed by atoms with van der Waals surface area (Å²) in [6.07, 6.45) is 0.970. The molecule has 0 aliphatic carbocycles. The summed E-state index contributed by atoms with van der Waals surface area (Å²) < 4.78 is 18.2. The van der Waals surface area contributed by atoms with Crippen molar-refractivity contribution in [2.24, 2.45) is 0 Å². The molecule has 2 aromatic rings. The number of ether oxygens (including phenoxy) is 2. The quantitative estimate of drug-likeness (QED) is 0.820. The van der Waals surface area contributed by atoms with E-state index in [1.165, 1.54) is 14.5 Å². The van der Waals surface area contributed by atoms with Crippen molar-refractivity contribution in [3.05, 3.63) is 33.1 Å². The van der Waals surface area contributed by atoms with Crippen molar-refractivity contribution in [3.8, 4) is 0 Å². The Bertz CT molecular complexity index is 617. The number of nitrogens with one attached hydrogen (secondary N) is 1. The molecule has 0 fully saturated rings. The average Bonchev–Trinajstić information content (AvgIpc) is 2.79. The summed E-state index contributed by atoms with van der Waals surface area (Å²) in [6, 6.07) is 6.35. The van der Waals surface area contributed by atoms with E-state index in [1.807, 2.05) is 0 Å². The Kier molecular flexibility index (Phi) is 4.03. The summed E-state index contributed by atoms with van der Waals surface area (Å²) in [6.45, 7) is 1.97. The predicted molar refractivity (Wildman–Crippen MR) is 86.1 cm³/mol. The minimum Gasteiger partial charge on any atom is -0.459 e. The Morgan fingerprint density at radius 3 is 2.75 bits per heavy atom. The molecule has 1 aromatic heterocycles. The zero-order chi connectivity index (χ0) is 14.2. The fraction of sp³-hybridized carbons (Fsp3) is 0.467. The smallest absolute Gasteiger partial charge is 0.135 e. The first-order valence-corrected chi connectivity index (χ1v) is 7.72. The highest BCUT2D eigenvalue weighted by Gasteiger charge is 2.41. The highest BCUT2D eigenvalue weighted by molar-refractivity contribution is 14.1. The van der Waals surface area contributed by atoms with Gasteiger partial charge in [-0.25, -0.2) is 0 Å². The number of hydrogen-bond acceptors (Lipinski definition) is 4. The third-order valence-electron chi connectivity index (χ3n) is 3.81. The molecule has 0 unspecified atom stereocenters. The van der Waals surface area contributed by atoms with Gasteiger partial charge in [-0.15, -0.1) is 0 Å². The molecule has 0 radical (unpaired) electrons. The SMILES string of the molecule is COCC1(COC)NCCc2c1oc1cc(I)ccc21. The molecule has 3 rings (SSSR count). The van der Waals surface area contributed by atoms with Crippen LogP contribution in [0.3, 0.4) is 0 Å². The number of halogens is 1. The van der Waals surface area contributed by atoms with Crippen LogP contribution < -0.4 is 5.32 Å². The van der Waals surface area contributed by atoms with Crippen LogP contribution in [0, 0.1) is 3.57 Å². The van der Waals surface area contributed by atoms with Gasteiger partial charge in [-0.2, -0.15) is 0 Å². The third kappa shape index (κ3) is 2.26. The van der Waals surface area contributed by atoms with Crippen molar-refractivity contribution < 1.29 is 13.9 Å². The summed E-state index contributed by atoms with van der Waals surface area (Å²) in [5.74, 6) is 0.962. The highest BCUT2D eigenvalue weighted by Crippen LogP contribution is 2.37. The first-order valence-electron chi connectivity index (χ1n) is 6.64. The fourth-order valence-electron chi connectivity index (χ4n) is 3.03. The van der Waals surface area contributed by atoms with Gasteiger partial charge in [-0.1, -0.05) is 0 Å². The molecule has 1 aliphatic heterocycles. The number of hydrogen-bond donors (Lipinski definition) is 1. The molecule has 0 spiro atoms. The molecule has 108 valence electrons. The van der Waals surface area contributed by atoms with E-state index < -0.39 is 0 Å². The lowest BCUT2D eigenvalue weighted by Crippen LogP contribution is -2.53. The maximum Gasteiger partial charge on any atom is 0.135 e. The van der Waals surface area contributed by atoms with Crippen molar-refractivity contribution in [3.63, 3.8) is 0 Å². The van der Waals surface area contributed by atoms with Crippen molar-refractivity contribution in [1.29, 1.82) is 0 Å². The molecule has 2 heterocycles. The van der Waals surface area contributed by atoms with Gasteiger partial charge in [0.1, 0.15) is 16.9 Å². The zero-order valence-electron chi connectivity index (χ0n) is 11.7. The van der Waals surface area contributed by atoms with Gasteiger partial charge < -0.3 is 19.2 Å². The Hall–Kier alpha value is -0.630. The second-order valence-electron chi connectivity index (χ2n) is 5.18. The van der Waals surface area contributed by atoms with Gasteiger partial charge in [-0.3, -0.25) is 0 Å². The van der Waals surface area contributed by atoms with E-state index >= 15 is 0 Å². The molecule has 0 bridgehead atoms. The number of furan rings is 1. The maximum absolute atomic E-state index is 6.17. The second kappa shape index (κ2) is 5.63. The molecule has 1 aromatic carbocycles. The minimum absolute atomic E-state index is 0.387. The molecule has 0 atom stereocenters. The topological polar surface area (TPSA) is 43.6 Å². The standard InChI is InChI=1S/C15H18INO3/c1-18-8-15(9-19-2)14-12(5-6-17-15)11-4-3-10(16)7-13(11)20-14/h3-4,7,17H,5-6,8-9H2,1-2H3. The summed E-state index contributed by atoms with van der Waals surface area (Å²) in [7, 11) is 3.41. The third-order valence-corrected chi connectivity index (χ3v) is 4.48. The molecule has 1 N–H and O–H groups in total.